The largest absolute Gasteiger partial charge is 0.497 e. The van der Waals surface area contributed by atoms with Crippen molar-refractivity contribution in [2.45, 2.75) is 0 Å². The van der Waals surface area contributed by atoms with E-state index >= 15 is 0 Å². The Morgan fingerprint density at radius 2 is 1.71 bits per heavy atom. The first kappa shape index (κ1) is 10.3. The second-order valence-electron chi connectivity index (χ2n) is 2.74. The molecule has 0 saturated carbocycles. The molecule has 0 bridgehead atoms. The number of carbonyl (C=O) groups is 1. The lowest BCUT2D eigenvalue weighted by Crippen LogP contribution is -1.91. The molecule has 74 valence electrons. The molecule has 14 heavy (non-hydrogen) atoms. The molecule has 0 heterocycles. The Morgan fingerprint density at radius 3 is 2.07 bits per heavy atom. The highest BCUT2D eigenvalue weighted by molar-refractivity contribution is 6.06. The molecule has 3 nitrogen and oxygen atoms in total. The van der Waals surface area contributed by atoms with Gasteiger partial charge < -0.3 is 9.47 Å². The van der Waals surface area contributed by atoms with E-state index in [1.807, 2.05) is 0 Å². The molecule has 0 N–H and O–H groups in total. The smallest absolute Gasteiger partial charge is 0.150 e. The van der Waals surface area contributed by atoms with Crippen LogP contribution in [0.4, 0.5) is 0 Å². The molecule has 0 atom stereocenters. The third-order valence-electron chi connectivity index (χ3n) is 1.86. The van der Waals surface area contributed by atoms with Gasteiger partial charge in [0.1, 0.15) is 17.8 Å². The maximum absolute atomic E-state index is 10.5. The second-order valence-corrected chi connectivity index (χ2v) is 2.74. The minimum Gasteiger partial charge on any atom is -0.497 e. The van der Waals surface area contributed by atoms with E-state index in [1.54, 1.807) is 32.4 Å². The molecule has 0 aromatic heterocycles. The number of methoxy groups -OCH3 is 2. The van der Waals surface area contributed by atoms with Gasteiger partial charge in [-0.25, -0.2) is 0 Å². The zero-order chi connectivity index (χ0) is 10.6. The van der Waals surface area contributed by atoms with Crippen LogP contribution in [0.5, 0.6) is 11.5 Å². The van der Waals surface area contributed by atoms with Crippen molar-refractivity contribution in [3.05, 3.63) is 30.3 Å². The molecule has 0 unspecified atom stereocenters. The fourth-order valence-electron chi connectivity index (χ4n) is 1.06. The summed E-state index contributed by atoms with van der Waals surface area (Å²) in [6.45, 7) is 3.62. The molecule has 0 aliphatic carbocycles. The van der Waals surface area contributed by atoms with Gasteiger partial charge in [-0.2, -0.15) is 0 Å². The topological polar surface area (TPSA) is 35.5 Å². The molecular formula is C11H12O3. The minimum absolute atomic E-state index is 0.405. The summed E-state index contributed by atoms with van der Waals surface area (Å²) in [6.07, 6.45) is 0.703. The van der Waals surface area contributed by atoms with Crippen LogP contribution in [0.1, 0.15) is 5.56 Å². The molecule has 0 aliphatic heterocycles. The van der Waals surface area contributed by atoms with Gasteiger partial charge in [-0.1, -0.05) is 6.58 Å². The maximum Gasteiger partial charge on any atom is 0.150 e. The molecule has 0 fully saturated rings. The van der Waals surface area contributed by atoms with Crippen LogP contribution >= 0.6 is 0 Å². The first-order valence-corrected chi connectivity index (χ1v) is 4.08. The highest BCUT2D eigenvalue weighted by Crippen LogP contribution is 2.25. The number of hydrogen-bond acceptors (Lipinski definition) is 3. The molecule has 0 spiro atoms. The Morgan fingerprint density at radius 1 is 1.21 bits per heavy atom. The third-order valence-corrected chi connectivity index (χ3v) is 1.86. The van der Waals surface area contributed by atoms with Gasteiger partial charge >= 0.3 is 0 Å². The molecule has 0 radical (unpaired) electrons. The van der Waals surface area contributed by atoms with Gasteiger partial charge in [0.25, 0.3) is 0 Å². The van der Waals surface area contributed by atoms with Gasteiger partial charge in [-0.05, 0) is 17.7 Å². The van der Waals surface area contributed by atoms with E-state index < -0.39 is 0 Å². The van der Waals surface area contributed by atoms with Crippen LogP contribution in [-0.4, -0.2) is 20.5 Å². The number of carbonyl (C=O) groups excluding carboxylic acids is 1. The number of aldehydes is 1. The van der Waals surface area contributed by atoms with E-state index in [0.717, 1.165) is 0 Å². The normalized spacial score (nSPS) is 9.29. The van der Waals surface area contributed by atoms with Gasteiger partial charge in [-0.15, -0.1) is 0 Å². The number of hydrogen-bond donors (Lipinski definition) is 0. The summed E-state index contributed by atoms with van der Waals surface area (Å²) < 4.78 is 10.1. The molecule has 1 rings (SSSR count). The first-order chi connectivity index (χ1) is 6.71. The summed E-state index contributed by atoms with van der Waals surface area (Å²) in [7, 11) is 3.12. The van der Waals surface area contributed by atoms with Crippen molar-refractivity contribution in [2.75, 3.05) is 14.2 Å². The van der Waals surface area contributed by atoms with Crippen LogP contribution in [0.2, 0.25) is 0 Å². The highest BCUT2D eigenvalue weighted by atomic mass is 16.5. The zero-order valence-electron chi connectivity index (χ0n) is 8.24. The molecular weight excluding hydrogens is 180 g/mol. The lowest BCUT2D eigenvalue weighted by Gasteiger charge is -2.07. The molecule has 1 aromatic carbocycles. The van der Waals surface area contributed by atoms with Gasteiger partial charge in [0.2, 0.25) is 0 Å². The van der Waals surface area contributed by atoms with Crippen LogP contribution in [0.25, 0.3) is 5.57 Å². The summed E-state index contributed by atoms with van der Waals surface area (Å²) >= 11 is 0. The molecule has 1 aromatic rings. The minimum atomic E-state index is 0.405. The lowest BCUT2D eigenvalue weighted by molar-refractivity contribution is -0.103. The summed E-state index contributed by atoms with van der Waals surface area (Å²) in [5.41, 5.74) is 1.11. The fraction of sp³-hybridized carbons (Fsp3) is 0.182. The predicted molar refractivity (Wildman–Crippen MR) is 54.6 cm³/mol. The molecule has 0 amide bonds. The third kappa shape index (κ3) is 2.13. The molecule has 0 aliphatic rings. The van der Waals surface area contributed by atoms with Gasteiger partial charge in [-0.3, -0.25) is 4.79 Å². The Labute approximate surface area is 83.0 Å². The van der Waals surface area contributed by atoms with Gasteiger partial charge in [0.15, 0.2) is 0 Å². The monoisotopic (exact) mass is 192 g/mol. The van der Waals surface area contributed by atoms with Crippen LogP contribution in [0, 0.1) is 0 Å². The number of allylic oxidation sites excluding steroid dienone is 1. The van der Waals surface area contributed by atoms with Crippen LogP contribution in [0.3, 0.4) is 0 Å². The molecule has 3 heteroatoms. The Bertz CT molecular complexity index is 333. The van der Waals surface area contributed by atoms with E-state index in [4.69, 9.17) is 9.47 Å². The van der Waals surface area contributed by atoms with Crippen molar-refractivity contribution in [3.63, 3.8) is 0 Å². The van der Waals surface area contributed by atoms with Crippen molar-refractivity contribution in [2.24, 2.45) is 0 Å². The summed E-state index contributed by atoms with van der Waals surface area (Å²) in [5, 5.41) is 0. The number of benzene rings is 1. The van der Waals surface area contributed by atoms with Crippen LogP contribution < -0.4 is 9.47 Å². The van der Waals surface area contributed by atoms with E-state index in [0.29, 0.717) is 28.9 Å². The SMILES string of the molecule is C=C(C=O)c1cc(OC)cc(OC)c1. The average Bonchev–Trinajstić information content (AvgIpc) is 2.27. The van der Waals surface area contributed by atoms with E-state index in [2.05, 4.69) is 6.58 Å². The van der Waals surface area contributed by atoms with Crippen molar-refractivity contribution >= 4 is 11.9 Å². The predicted octanol–water partition coefficient (Wildman–Crippen LogP) is 1.92. The summed E-state index contributed by atoms with van der Waals surface area (Å²) in [6, 6.07) is 5.21. The van der Waals surface area contributed by atoms with E-state index in [-0.39, 0.29) is 0 Å². The summed E-state index contributed by atoms with van der Waals surface area (Å²) in [5.74, 6) is 1.28. The Hall–Kier alpha value is -1.77. The van der Waals surface area contributed by atoms with E-state index in [1.165, 1.54) is 0 Å². The van der Waals surface area contributed by atoms with E-state index in [9.17, 15) is 4.79 Å². The van der Waals surface area contributed by atoms with Gasteiger partial charge in [0.05, 0.1) is 14.2 Å². The lowest BCUT2D eigenvalue weighted by atomic mass is 10.1. The summed E-state index contributed by atoms with van der Waals surface area (Å²) in [4.78, 5) is 10.5. The number of ether oxygens (including phenoxy) is 2. The Balaban J connectivity index is 3.16. The average molecular weight is 192 g/mol. The van der Waals surface area contributed by atoms with Crippen molar-refractivity contribution in [3.8, 4) is 11.5 Å². The first-order valence-electron chi connectivity index (χ1n) is 4.08. The van der Waals surface area contributed by atoms with Crippen LogP contribution in [0.15, 0.2) is 24.8 Å². The molecule has 0 saturated heterocycles. The quantitative estimate of drug-likeness (QED) is 0.540. The Kier molecular flexibility index (Phi) is 3.29. The van der Waals surface area contributed by atoms with Crippen molar-refractivity contribution < 1.29 is 14.3 Å². The fourth-order valence-corrected chi connectivity index (χ4v) is 1.06. The van der Waals surface area contributed by atoms with Crippen LogP contribution in [-0.2, 0) is 4.79 Å². The van der Waals surface area contributed by atoms with Gasteiger partial charge in [0, 0.05) is 11.6 Å². The highest BCUT2D eigenvalue weighted by Gasteiger charge is 2.03. The standard InChI is InChI=1S/C11H12O3/c1-8(7-12)9-4-10(13-2)6-11(5-9)14-3/h4-7H,1H2,2-3H3. The second kappa shape index (κ2) is 4.46. The van der Waals surface area contributed by atoms with Crippen molar-refractivity contribution in [1.29, 1.82) is 0 Å². The maximum atomic E-state index is 10.5. The van der Waals surface area contributed by atoms with Crippen molar-refractivity contribution in [1.82, 2.24) is 0 Å². The zero-order valence-corrected chi connectivity index (χ0v) is 8.24. The number of rotatable bonds is 4.